The molecule has 2 aromatic rings. The van der Waals surface area contributed by atoms with Crippen LogP contribution in [0.4, 0.5) is 5.69 Å². The third-order valence-corrected chi connectivity index (χ3v) is 5.96. The van der Waals surface area contributed by atoms with E-state index in [1.165, 1.54) is 4.90 Å². The highest BCUT2D eigenvalue weighted by Gasteiger charge is 2.23. The Morgan fingerprint density at radius 3 is 2.39 bits per heavy atom. The van der Waals surface area contributed by atoms with Crippen molar-refractivity contribution >= 4 is 17.4 Å². The van der Waals surface area contributed by atoms with E-state index in [-0.39, 0.29) is 17.7 Å². The molecule has 1 saturated heterocycles. The molecule has 2 heterocycles. The standard InChI is InChI=1S/C24H29N3O4/c1-17(20-5-8-22-23(15-20)31-14-13-30-22)25-24(29)16-26-9-11-27(12-10-26)21-6-3-19(4-7-21)18(2)28/h3-8,15,17H,9-14,16H2,1-2H3,(H,25,29)/p+1/t17-/m0/s1. The number of carbonyl (C=O) groups is 2. The molecule has 0 aromatic heterocycles. The molecule has 1 atom stereocenters. The number of amides is 1. The summed E-state index contributed by atoms with van der Waals surface area (Å²) < 4.78 is 11.2. The first kappa shape index (κ1) is 21.2. The van der Waals surface area contributed by atoms with Gasteiger partial charge in [-0.05, 0) is 55.8 Å². The number of rotatable bonds is 6. The fourth-order valence-electron chi connectivity index (χ4n) is 4.10. The average Bonchev–Trinajstić information content (AvgIpc) is 2.79. The van der Waals surface area contributed by atoms with Crippen LogP contribution in [0.2, 0.25) is 0 Å². The van der Waals surface area contributed by atoms with E-state index in [9.17, 15) is 9.59 Å². The van der Waals surface area contributed by atoms with Crippen molar-refractivity contribution in [2.75, 3.05) is 50.8 Å². The summed E-state index contributed by atoms with van der Waals surface area (Å²) in [5.74, 6) is 1.63. The summed E-state index contributed by atoms with van der Waals surface area (Å²) in [5, 5.41) is 3.11. The van der Waals surface area contributed by atoms with Gasteiger partial charge in [0.1, 0.15) is 13.2 Å². The van der Waals surface area contributed by atoms with Crippen molar-refractivity contribution in [3.63, 3.8) is 0 Å². The van der Waals surface area contributed by atoms with Crippen LogP contribution in [0.25, 0.3) is 0 Å². The number of hydrogen-bond donors (Lipinski definition) is 2. The quantitative estimate of drug-likeness (QED) is 0.683. The summed E-state index contributed by atoms with van der Waals surface area (Å²) in [6.45, 7) is 8.73. The van der Waals surface area contributed by atoms with Crippen molar-refractivity contribution in [1.29, 1.82) is 0 Å². The van der Waals surface area contributed by atoms with Gasteiger partial charge in [-0.25, -0.2) is 0 Å². The number of carbonyl (C=O) groups excluding carboxylic acids is 2. The number of piperazine rings is 1. The first-order valence-corrected chi connectivity index (χ1v) is 10.9. The van der Waals surface area contributed by atoms with E-state index in [0.717, 1.165) is 54.5 Å². The van der Waals surface area contributed by atoms with E-state index in [1.807, 2.05) is 49.4 Å². The van der Waals surface area contributed by atoms with Crippen molar-refractivity contribution in [3.8, 4) is 11.5 Å². The third kappa shape index (κ3) is 5.17. The molecular formula is C24H30N3O4+. The van der Waals surface area contributed by atoms with Crippen LogP contribution in [-0.2, 0) is 4.79 Å². The number of nitrogens with zero attached hydrogens (tertiary/aromatic N) is 1. The number of ether oxygens (including phenoxy) is 2. The number of fused-ring (bicyclic) bond motifs is 1. The minimum Gasteiger partial charge on any atom is -0.486 e. The lowest BCUT2D eigenvalue weighted by Gasteiger charge is -2.33. The fraction of sp³-hybridized carbons (Fsp3) is 0.417. The van der Waals surface area contributed by atoms with Gasteiger partial charge in [0.25, 0.3) is 5.91 Å². The topological polar surface area (TPSA) is 72.3 Å². The van der Waals surface area contributed by atoms with Crippen LogP contribution < -0.4 is 24.6 Å². The maximum atomic E-state index is 12.6. The second kappa shape index (κ2) is 9.39. The van der Waals surface area contributed by atoms with Gasteiger partial charge in [0.05, 0.1) is 32.2 Å². The average molecular weight is 425 g/mol. The molecule has 0 unspecified atom stereocenters. The van der Waals surface area contributed by atoms with Crippen LogP contribution in [-0.4, -0.2) is 57.6 Å². The van der Waals surface area contributed by atoms with Crippen molar-refractivity contribution < 1.29 is 24.0 Å². The van der Waals surface area contributed by atoms with E-state index >= 15 is 0 Å². The lowest BCUT2D eigenvalue weighted by atomic mass is 10.1. The Labute approximate surface area is 182 Å². The van der Waals surface area contributed by atoms with E-state index in [1.54, 1.807) is 6.92 Å². The van der Waals surface area contributed by atoms with E-state index in [2.05, 4.69) is 10.2 Å². The molecule has 0 saturated carbocycles. The summed E-state index contributed by atoms with van der Waals surface area (Å²) in [6, 6.07) is 13.5. The number of quaternary nitrogens is 1. The van der Waals surface area contributed by atoms with Crippen LogP contribution in [0, 0.1) is 0 Å². The summed E-state index contributed by atoms with van der Waals surface area (Å²) >= 11 is 0. The van der Waals surface area contributed by atoms with Crippen LogP contribution in [0.15, 0.2) is 42.5 Å². The fourth-order valence-corrected chi connectivity index (χ4v) is 4.10. The van der Waals surface area contributed by atoms with Gasteiger partial charge in [-0.3, -0.25) is 9.59 Å². The van der Waals surface area contributed by atoms with Gasteiger partial charge in [-0.2, -0.15) is 0 Å². The maximum Gasteiger partial charge on any atom is 0.275 e. The molecule has 2 aliphatic heterocycles. The van der Waals surface area contributed by atoms with E-state index in [4.69, 9.17) is 9.47 Å². The highest BCUT2D eigenvalue weighted by molar-refractivity contribution is 5.94. The lowest BCUT2D eigenvalue weighted by molar-refractivity contribution is -0.892. The zero-order valence-corrected chi connectivity index (χ0v) is 18.1. The number of Topliss-reactive ketones (excluding diaryl/α,β-unsaturated/α-hetero) is 1. The van der Waals surface area contributed by atoms with Crippen molar-refractivity contribution in [2.24, 2.45) is 0 Å². The molecule has 4 rings (SSSR count). The molecule has 0 aliphatic carbocycles. The summed E-state index contributed by atoms with van der Waals surface area (Å²) in [4.78, 5) is 27.6. The largest absolute Gasteiger partial charge is 0.486 e. The lowest BCUT2D eigenvalue weighted by Crippen LogP contribution is -3.15. The molecule has 2 aliphatic rings. The third-order valence-electron chi connectivity index (χ3n) is 5.96. The van der Waals surface area contributed by atoms with Crippen molar-refractivity contribution in [2.45, 2.75) is 19.9 Å². The minimum atomic E-state index is -0.0937. The van der Waals surface area contributed by atoms with Crippen LogP contribution in [0.1, 0.15) is 35.8 Å². The molecule has 2 aromatic carbocycles. The molecule has 0 bridgehead atoms. The Hall–Kier alpha value is -3.06. The smallest absolute Gasteiger partial charge is 0.275 e. The van der Waals surface area contributed by atoms with E-state index in [0.29, 0.717) is 19.8 Å². The number of benzene rings is 2. The Kier molecular flexibility index (Phi) is 6.42. The predicted molar refractivity (Wildman–Crippen MR) is 118 cm³/mol. The van der Waals surface area contributed by atoms with Gasteiger partial charge < -0.3 is 24.6 Å². The Balaban J connectivity index is 1.25. The second-order valence-corrected chi connectivity index (χ2v) is 8.21. The molecular weight excluding hydrogens is 394 g/mol. The number of ketones is 1. The van der Waals surface area contributed by atoms with Gasteiger partial charge in [0, 0.05) is 11.3 Å². The number of hydrogen-bond acceptors (Lipinski definition) is 5. The molecule has 7 heteroatoms. The zero-order chi connectivity index (χ0) is 21.8. The SMILES string of the molecule is CC(=O)c1ccc(N2CC[NH+](CC(=O)N[C@@H](C)c3ccc4c(c3)OCCO4)CC2)cc1. The summed E-state index contributed by atoms with van der Waals surface area (Å²) in [5.41, 5.74) is 2.86. The van der Waals surface area contributed by atoms with Crippen LogP contribution >= 0.6 is 0 Å². The molecule has 164 valence electrons. The molecule has 2 N–H and O–H groups in total. The summed E-state index contributed by atoms with van der Waals surface area (Å²) in [6.07, 6.45) is 0. The minimum absolute atomic E-state index is 0.0525. The van der Waals surface area contributed by atoms with Crippen molar-refractivity contribution in [1.82, 2.24) is 5.32 Å². The maximum absolute atomic E-state index is 12.6. The Morgan fingerprint density at radius 1 is 1.03 bits per heavy atom. The molecule has 1 fully saturated rings. The van der Waals surface area contributed by atoms with Crippen LogP contribution in [0.3, 0.4) is 0 Å². The monoisotopic (exact) mass is 424 g/mol. The first-order valence-electron chi connectivity index (χ1n) is 10.9. The van der Waals surface area contributed by atoms with Gasteiger partial charge in [0.15, 0.2) is 23.8 Å². The van der Waals surface area contributed by atoms with Gasteiger partial charge in [-0.1, -0.05) is 6.07 Å². The van der Waals surface area contributed by atoms with Gasteiger partial charge in [-0.15, -0.1) is 0 Å². The highest BCUT2D eigenvalue weighted by Crippen LogP contribution is 2.32. The molecule has 7 nitrogen and oxygen atoms in total. The van der Waals surface area contributed by atoms with E-state index < -0.39 is 0 Å². The van der Waals surface area contributed by atoms with Gasteiger partial charge in [0.2, 0.25) is 0 Å². The Bertz CT molecular complexity index is 936. The number of anilines is 1. The molecule has 0 spiro atoms. The zero-order valence-electron chi connectivity index (χ0n) is 18.1. The highest BCUT2D eigenvalue weighted by atomic mass is 16.6. The Morgan fingerprint density at radius 2 is 1.71 bits per heavy atom. The number of nitrogens with one attached hydrogen (secondary N) is 2. The molecule has 31 heavy (non-hydrogen) atoms. The van der Waals surface area contributed by atoms with Gasteiger partial charge >= 0.3 is 0 Å². The summed E-state index contributed by atoms with van der Waals surface area (Å²) in [7, 11) is 0. The normalized spacial score (nSPS) is 17.2. The van der Waals surface area contributed by atoms with Crippen molar-refractivity contribution in [3.05, 3.63) is 53.6 Å². The second-order valence-electron chi connectivity index (χ2n) is 8.21. The van der Waals surface area contributed by atoms with Crippen LogP contribution in [0.5, 0.6) is 11.5 Å². The predicted octanol–water partition coefficient (Wildman–Crippen LogP) is 1.24. The molecule has 0 radical (unpaired) electrons. The first-order chi connectivity index (χ1) is 15.0. The molecule has 1 amide bonds.